The fourth-order valence-electron chi connectivity index (χ4n) is 0.466. The van der Waals surface area contributed by atoms with Crippen molar-refractivity contribution in [3.05, 3.63) is 0 Å². The van der Waals surface area contributed by atoms with Crippen LogP contribution in [-0.4, -0.2) is 17.4 Å². The predicted octanol–water partition coefficient (Wildman–Crippen LogP) is 1.89. The molecule has 1 unspecified atom stereocenters. The van der Waals surface area contributed by atoms with Crippen LogP contribution in [-0.2, 0) is 4.79 Å². The number of ketones is 1. The van der Waals surface area contributed by atoms with Gasteiger partial charge in [0.2, 0.25) is 0 Å². The Morgan fingerprint density at radius 1 is 1.67 bits per heavy atom. The number of hydrogen-bond donors (Lipinski definition) is 1. The number of Topliss-reactive ketones (excluding diaryl/α,β-unsaturated/α-hetero) is 1. The van der Waals surface area contributed by atoms with Gasteiger partial charge in [-0.1, -0.05) is 0 Å². The predicted molar refractivity (Wildman–Crippen MR) is 43.4 cm³/mol. The zero-order valence-corrected chi connectivity index (χ0v) is 6.79. The maximum absolute atomic E-state index is 10.7. The lowest BCUT2D eigenvalue weighted by molar-refractivity contribution is -0.116. The van der Waals surface area contributed by atoms with E-state index in [1.807, 2.05) is 0 Å². The van der Waals surface area contributed by atoms with Gasteiger partial charge in [-0.05, 0) is 18.6 Å². The first-order valence-corrected chi connectivity index (χ1v) is 3.95. The van der Waals surface area contributed by atoms with Gasteiger partial charge in [-0.25, -0.2) is 0 Å². The van der Waals surface area contributed by atoms with Crippen molar-refractivity contribution < 1.29 is 6.17 Å². The number of thiol groups is 1. The summed E-state index contributed by atoms with van der Waals surface area (Å²) in [4.78, 5) is 10.7. The maximum Gasteiger partial charge on any atom is 0.147 e. The lowest BCUT2D eigenvalue weighted by atomic mass is 10.2. The fourth-order valence-corrected chi connectivity index (χ4v) is 0.798. The van der Waals surface area contributed by atoms with Crippen molar-refractivity contribution in [2.24, 2.45) is 0 Å². The van der Waals surface area contributed by atoms with Crippen LogP contribution in [0, 0.1) is 0 Å². The van der Waals surface area contributed by atoms with E-state index < -0.39 is 5.86 Å². The Morgan fingerprint density at radius 2 is 2.33 bits per heavy atom. The van der Waals surface area contributed by atoms with E-state index >= 15 is 0 Å². The molecule has 0 aliphatic heterocycles. The Balaban J connectivity index is 3.22. The van der Waals surface area contributed by atoms with Gasteiger partial charge in [0.1, 0.15) is 5.78 Å². The molecule has 0 aliphatic carbocycles. The number of unbranched alkanes of at least 4 members (excludes halogenated alkanes) is 1. The third-order valence-electron chi connectivity index (χ3n) is 0.953. The molecule has 1 nitrogen and oxygen atoms in total. The molecule has 0 spiro atoms. The summed E-state index contributed by atoms with van der Waals surface area (Å²) in [6.45, 7) is 0. The number of halogens is 1. The van der Waals surface area contributed by atoms with E-state index in [4.69, 9.17) is 13.0 Å². The van der Waals surface area contributed by atoms with E-state index in [0.717, 1.165) is 18.6 Å². The van der Waals surface area contributed by atoms with E-state index in [1.54, 1.807) is 0 Å². The zero-order chi connectivity index (χ0) is 7.98. The van der Waals surface area contributed by atoms with Crippen molar-refractivity contribution in [3.63, 3.8) is 0 Å². The second kappa shape index (κ2) is 6.43. The second-order valence-electron chi connectivity index (χ2n) is 1.76. The molecule has 0 N–H and O–H groups in total. The number of hydrogen-bond acceptors (Lipinski definition) is 2. The van der Waals surface area contributed by atoms with E-state index in [0.29, 0.717) is 6.42 Å². The first-order chi connectivity index (χ1) is 4.68. The normalized spacial score (nSPS) is 14.7. The fraction of sp³-hybridized carbons (Fsp3) is 0.833. The minimum Gasteiger partial charge on any atom is -0.298 e. The highest BCUT2D eigenvalue weighted by Gasteiger charge is 1.96. The molecule has 0 aromatic carbocycles. The van der Waals surface area contributed by atoms with Crippen LogP contribution in [0.4, 0.5) is 0 Å². The van der Waals surface area contributed by atoms with Crippen LogP contribution in [0.2, 0.25) is 0 Å². The SMILES string of the molecule is [3H]C(Cl)C(=O)CCCCS. The molecule has 3 heteroatoms. The summed E-state index contributed by atoms with van der Waals surface area (Å²) in [6, 6.07) is 0. The largest absolute Gasteiger partial charge is 0.298 e. The molecule has 0 bridgehead atoms. The average Bonchev–Trinajstić information content (AvgIpc) is 1.88. The number of rotatable bonds is 5. The van der Waals surface area contributed by atoms with Crippen molar-refractivity contribution in [2.75, 3.05) is 11.6 Å². The molecule has 0 fully saturated rings. The molecule has 1 atom stereocenters. The molecule has 0 radical (unpaired) electrons. The molecule has 0 saturated carbocycles. The third kappa shape index (κ3) is 6.19. The smallest absolute Gasteiger partial charge is 0.147 e. The summed E-state index contributed by atoms with van der Waals surface area (Å²) < 4.78 is 6.82. The van der Waals surface area contributed by atoms with Crippen LogP contribution in [0.25, 0.3) is 0 Å². The molecule has 0 rings (SSSR count). The van der Waals surface area contributed by atoms with E-state index in [1.165, 1.54) is 0 Å². The van der Waals surface area contributed by atoms with Crippen molar-refractivity contribution in [1.29, 1.82) is 0 Å². The van der Waals surface area contributed by atoms with Crippen molar-refractivity contribution in [2.45, 2.75) is 19.3 Å². The summed E-state index contributed by atoms with van der Waals surface area (Å²) in [5.74, 6) is -0.471. The molecule has 0 heterocycles. The van der Waals surface area contributed by atoms with Gasteiger partial charge in [-0.3, -0.25) is 4.79 Å². The highest BCUT2D eigenvalue weighted by atomic mass is 35.5. The third-order valence-corrected chi connectivity index (χ3v) is 1.51. The highest BCUT2D eigenvalue weighted by Crippen LogP contribution is 1.98. The Kier molecular flexibility index (Phi) is 5.30. The minimum atomic E-state index is -1.07. The first-order valence-electron chi connectivity index (χ1n) is 3.46. The molecule has 0 saturated heterocycles. The van der Waals surface area contributed by atoms with Gasteiger partial charge < -0.3 is 0 Å². The molecule has 0 aliphatic rings. The van der Waals surface area contributed by atoms with Crippen LogP contribution < -0.4 is 0 Å². The topological polar surface area (TPSA) is 17.1 Å². The maximum atomic E-state index is 10.7. The molecular formula is C6H11ClOS. The molecule has 0 aromatic rings. The quantitative estimate of drug-likeness (QED) is 0.377. The molecular weight excluding hydrogens is 156 g/mol. The van der Waals surface area contributed by atoms with Gasteiger partial charge in [0.05, 0.1) is 7.23 Å². The van der Waals surface area contributed by atoms with Gasteiger partial charge in [-0.15, -0.1) is 11.6 Å². The van der Waals surface area contributed by atoms with Gasteiger partial charge in [0.15, 0.2) is 0 Å². The van der Waals surface area contributed by atoms with Gasteiger partial charge in [0, 0.05) is 6.42 Å². The van der Waals surface area contributed by atoms with E-state index in [2.05, 4.69) is 12.6 Å². The average molecular weight is 169 g/mol. The van der Waals surface area contributed by atoms with E-state index in [9.17, 15) is 4.79 Å². The summed E-state index contributed by atoms with van der Waals surface area (Å²) in [5, 5.41) is 0. The van der Waals surface area contributed by atoms with Crippen molar-refractivity contribution in [3.8, 4) is 0 Å². The Labute approximate surface area is 67.6 Å². The van der Waals surface area contributed by atoms with Crippen molar-refractivity contribution in [1.82, 2.24) is 0 Å². The van der Waals surface area contributed by atoms with Gasteiger partial charge >= 0.3 is 0 Å². The zero-order valence-electron chi connectivity index (χ0n) is 6.14. The molecule has 9 heavy (non-hydrogen) atoms. The van der Waals surface area contributed by atoms with Crippen LogP contribution in [0.1, 0.15) is 20.6 Å². The molecule has 0 aromatic heterocycles. The highest BCUT2D eigenvalue weighted by molar-refractivity contribution is 7.80. The van der Waals surface area contributed by atoms with Crippen LogP contribution in [0.3, 0.4) is 0 Å². The summed E-state index contributed by atoms with van der Waals surface area (Å²) in [7, 11) is 0. The monoisotopic (exact) mass is 168 g/mol. The lowest BCUT2D eigenvalue weighted by Crippen LogP contribution is -1.98. The van der Waals surface area contributed by atoms with Crippen LogP contribution in [0.15, 0.2) is 0 Å². The number of carbonyl (C=O) groups is 1. The van der Waals surface area contributed by atoms with Crippen LogP contribution in [0.5, 0.6) is 0 Å². The van der Waals surface area contributed by atoms with Gasteiger partial charge in [-0.2, -0.15) is 12.6 Å². The second-order valence-corrected chi connectivity index (χ2v) is 2.42. The summed E-state index contributed by atoms with van der Waals surface area (Å²) in [5.41, 5.74) is 0. The van der Waals surface area contributed by atoms with Gasteiger partial charge in [0.25, 0.3) is 0 Å². The Morgan fingerprint density at radius 3 is 2.78 bits per heavy atom. The Hall–Kier alpha value is 0.310. The molecule has 0 amide bonds. The summed E-state index contributed by atoms with van der Waals surface area (Å²) >= 11 is 9.19. The standard InChI is InChI=1S/C6H11ClOS/c7-5-6(8)3-1-2-4-9/h9H,1-5H2/i5T. The van der Waals surface area contributed by atoms with Crippen molar-refractivity contribution >= 4 is 30.0 Å². The first kappa shape index (κ1) is 7.42. The minimum absolute atomic E-state index is 0.191. The number of alkyl halides is 1. The van der Waals surface area contributed by atoms with E-state index in [-0.39, 0.29) is 5.78 Å². The molecule has 54 valence electrons. The van der Waals surface area contributed by atoms with Crippen LogP contribution >= 0.6 is 24.2 Å². The Bertz CT molecular complexity index is 108. The lowest BCUT2D eigenvalue weighted by Gasteiger charge is -1.92. The summed E-state index contributed by atoms with van der Waals surface area (Å²) in [6.07, 6.45) is 2.13. The number of carbonyl (C=O) groups excluding carboxylic acids is 1.